The second-order valence-corrected chi connectivity index (χ2v) is 5.26. The molecule has 2 unspecified atom stereocenters. The molecule has 0 bridgehead atoms. The third-order valence-electron chi connectivity index (χ3n) is 2.34. The van der Waals surface area contributed by atoms with Gasteiger partial charge >= 0.3 is 0 Å². The van der Waals surface area contributed by atoms with Gasteiger partial charge in [-0.1, -0.05) is 18.7 Å². The van der Waals surface area contributed by atoms with Crippen molar-refractivity contribution in [2.24, 2.45) is 0 Å². The molecule has 16 heavy (non-hydrogen) atoms. The molecular formula is C11H16N4S. The highest BCUT2D eigenvalue weighted by atomic mass is 32.2. The van der Waals surface area contributed by atoms with Crippen molar-refractivity contribution >= 4 is 11.8 Å². The van der Waals surface area contributed by atoms with E-state index in [1.165, 1.54) is 0 Å². The van der Waals surface area contributed by atoms with E-state index in [9.17, 15) is 0 Å². The lowest BCUT2D eigenvalue weighted by molar-refractivity contribution is 0.455. The summed E-state index contributed by atoms with van der Waals surface area (Å²) in [4.78, 5) is 8.30. The Morgan fingerprint density at radius 2 is 2.19 bits per heavy atom. The fourth-order valence-corrected chi connectivity index (χ4v) is 2.37. The van der Waals surface area contributed by atoms with Gasteiger partial charge in [-0.2, -0.15) is 5.26 Å². The molecule has 0 amide bonds. The maximum absolute atomic E-state index is 9.05. The average molecular weight is 236 g/mol. The molecule has 0 aromatic carbocycles. The van der Waals surface area contributed by atoms with Gasteiger partial charge in [-0.15, -0.1) is 0 Å². The summed E-state index contributed by atoms with van der Waals surface area (Å²) >= 11 is 1.59. The predicted octanol–water partition coefficient (Wildman–Crippen LogP) is 1.85. The molecule has 86 valence electrons. The first kappa shape index (κ1) is 12.9. The summed E-state index contributed by atoms with van der Waals surface area (Å²) in [5.74, 6) is 0. The lowest BCUT2D eigenvalue weighted by Crippen LogP contribution is -2.40. The lowest BCUT2D eigenvalue weighted by Gasteiger charge is -2.23. The second-order valence-electron chi connectivity index (χ2n) is 3.86. The van der Waals surface area contributed by atoms with Crippen LogP contribution in [0.2, 0.25) is 0 Å². The Labute approximate surface area is 100 Å². The maximum Gasteiger partial charge on any atom is 0.187 e. The summed E-state index contributed by atoms with van der Waals surface area (Å²) in [6.45, 7) is 3.98. The molecular weight excluding hydrogens is 220 g/mol. The van der Waals surface area contributed by atoms with Gasteiger partial charge in [-0.25, -0.2) is 9.97 Å². The number of hydrogen-bond donors (Lipinski definition) is 1. The van der Waals surface area contributed by atoms with Crippen molar-refractivity contribution in [1.82, 2.24) is 15.3 Å². The number of nitrogens with one attached hydrogen (secondary N) is 1. The van der Waals surface area contributed by atoms with Crippen LogP contribution < -0.4 is 5.32 Å². The molecule has 5 heteroatoms. The molecule has 0 saturated carbocycles. The van der Waals surface area contributed by atoms with Crippen LogP contribution in [-0.2, 0) is 0 Å². The highest BCUT2D eigenvalue weighted by Gasteiger charge is 2.24. The lowest BCUT2D eigenvalue weighted by atomic mass is 9.98. The SMILES string of the molecule is CNC(C)(C#N)CC(C)Sc1ncccn1. The normalized spacial score (nSPS) is 16.1. The molecule has 1 aromatic rings. The number of nitrogens with zero attached hydrogens (tertiary/aromatic N) is 3. The van der Waals surface area contributed by atoms with Crippen LogP contribution in [-0.4, -0.2) is 27.8 Å². The van der Waals surface area contributed by atoms with Crippen LogP contribution in [0.4, 0.5) is 0 Å². The first-order valence-corrected chi connectivity index (χ1v) is 6.01. The molecule has 1 heterocycles. The quantitative estimate of drug-likeness (QED) is 0.624. The van der Waals surface area contributed by atoms with Gasteiger partial charge in [0.15, 0.2) is 5.16 Å². The number of hydrogen-bond acceptors (Lipinski definition) is 5. The Bertz CT molecular complexity index is 362. The zero-order valence-corrected chi connectivity index (χ0v) is 10.6. The molecule has 0 aliphatic rings. The monoisotopic (exact) mass is 236 g/mol. The predicted molar refractivity (Wildman–Crippen MR) is 65.0 cm³/mol. The van der Waals surface area contributed by atoms with E-state index >= 15 is 0 Å². The summed E-state index contributed by atoms with van der Waals surface area (Å²) in [7, 11) is 1.81. The Morgan fingerprint density at radius 1 is 1.56 bits per heavy atom. The zero-order valence-electron chi connectivity index (χ0n) is 9.77. The second kappa shape index (κ2) is 5.83. The number of aromatic nitrogens is 2. The molecule has 2 atom stereocenters. The molecule has 0 saturated heterocycles. The van der Waals surface area contributed by atoms with E-state index in [2.05, 4.69) is 28.3 Å². The summed E-state index contributed by atoms with van der Waals surface area (Å²) < 4.78 is 0. The van der Waals surface area contributed by atoms with Gasteiger partial charge in [0.25, 0.3) is 0 Å². The smallest absolute Gasteiger partial charge is 0.187 e. The summed E-state index contributed by atoms with van der Waals surface area (Å²) in [6.07, 6.45) is 4.20. The van der Waals surface area contributed by atoms with Gasteiger partial charge in [0.05, 0.1) is 6.07 Å². The maximum atomic E-state index is 9.05. The number of nitriles is 1. The van der Waals surface area contributed by atoms with Crippen molar-refractivity contribution in [3.8, 4) is 6.07 Å². The van der Waals surface area contributed by atoms with Crippen LogP contribution in [0.1, 0.15) is 20.3 Å². The van der Waals surface area contributed by atoms with Crippen molar-refractivity contribution in [2.75, 3.05) is 7.05 Å². The largest absolute Gasteiger partial charge is 0.303 e. The molecule has 0 aliphatic carbocycles. The highest BCUT2D eigenvalue weighted by molar-refractivity contribution is 7.99. The summed E-state index contributed by atoms with van der Waals surface area (Å²) in [6, 6.07) is 4.07. The topological polar surface area (TPSA) is 61.6 Å². The highest BCUT2D eigenvalue weighted by Crippen LogP contribution is 2.25. The minimum Gasteiger partial charge on any atom is -0.303 e. The Morgan fingerprint density at radius 3 is 2.69 bits per heavy atom. The van der Waals surface area contributed by atoms with Crippen molar-refractivity contribution in [2.45, 2.75) is 36.2 Å². The Balaban J connectivity index is 2.55. The van der Waals surface area contributed by atoms with Crippen LogP contribution in [0.3, 0.4) is 0 Å². The molecule has 4 nitrogen and oxygen atoms in total. The van der Waals surface area contributed by atoms with E-state index in [1.807, 2.05) is 6.92 Å². The third kappa shape index (κ3) is 3.80. The first-order chi connectivity index (χ1) is 7.59. The van der Waals surface area contributed by atoms with Gasteiger partial charge in [0.2, 0.25) is 0 Å². The fraction of sp³-hybridized carbons (Fsp3) is 0.545. The van der Waals surface area contributed by atoms with Gasteiger partial charge in [-0.3, -0.25) is 0 Å². The van der Waals surface area contributed by atoms with Crippen LogP contribution in [0.5, 0.6) is 0 Å². The van der Waals surface area contributed by atoms with Crippen LogP contribution in [0.15, 0.2) is 23.6 Å². The van der Waals surface area contributed by atoms with Crippen molar-refractivity contribution in [3.63, 3.8) is 0 Å². The van der Waals surface area contributed by atoms with Crippen molar-refractivity contribution < 1.29 is 0 Å². The van der Waals surface area contributed by atoms with Gasteiger partial charge in [-0.05, 0) is 26.5 Å². The Hall–Kier alpha value is -1.12. The van der Waals surface area contributed by atoms with E-state index in [0.29, 0.717) is 5.25 Å². The van der Waals surface area contributed by atoms with E-state index in [1.54, 1.807) is 37.3 Å². The standard InChI is InChI=1S/C11H16N4S/c1-9(7-11(2,8-12)13-3)16-10-14-5-4-6-15-10/h4-6,9,13H,7H2,1-3H3. The zero-order chi connectivity index (χ0) is 12.0. The summed E-state index contributed by atoms with van der Waals surface area (Å²) in [5, 5.41) is 13.1. The minimum absolute atomic E-state index is 0.291. The third-order valence-corrected chi connectivity index (χ3v) is 3.33. The molecule has 1 aromatic heterocycles. The number of thioether (sulfide) groups is 1. The fourth-order valence-electron chi connectivity index (χ4n) is 1.35. The van der Waals surface area contributed by atoms with Crippen molar-refractivity contribution in [1.29, 1.82) is 5.26 Å². The van der Waals surface area contributed by atoms with Crippen molar-refractivity contribution in [3.05, 3.63) is 18.5 Å². The van der Waals surface area contributed by atoms with E-state index in [0.717, 1.165) is 11.6 Å². The molecule has 0 fully saturated rings. The molecule has 0 spiro atoms. The van der Waals surface area contributed by atoms with Gasteiger partial charge < -0.3 is 5.32 Å². The van der Waals surface area contributed by atoms with Crippen LogP contribution in [0, 0.1) is 11.3 Å². The molecule has 0 aliphatic heterocycles. The first-order valence-electron chi connectivity index (χ1n) is 5.13. The van der Waals surface area contributed by atoms with E-state index < -0.39 is 5.54 Å². The Kier molecular flexibility index (Phi) is 4.71. The van der Waals surface area contributed by atoms with Gasteiger partial charge in [0.1, 0.15) is 5.54 Å². The minimum atomic E-state index is -0.485. The van der Waals surface area contributed by atoms with Crippen LogP contribution in [0.25, 0.3) is 0 Å². The number of rotatable bonds is 5. The van der Waals surface area contributed by atoms with Gasteiger partial charge in [0, 0.05) is 17.6 Å². The average Bonchev–Trinajstić information content (AvgIpc) is 2.30. The van der Waals surface area contributed by atoms with E-state index in [-0.39, 0.29) is 0 Å². The molecule has 0 radical (unpaired) electrons. The van der Waals surface area contributed by atoms with Crippen LogP contribution >= 0.6 is 11.8 Å². The molecule has 1 rings (SSSR count). The molecule has 1 N–H and O–H groups in total. The summed E-state index contributed by atoms with van der Waals surface area (Å²) in [5.41, 5.74) is -0.485. The van der Waals surface area contributed by atoms with E-state index in [4.69, 9.17) is 5.26 Å².